The van der Waals surface area contributed by atoms with Gasteiger partial charge < -0.3 is 5.32 Å². The molecular formula is C24H27FN4O2. The summed E-state index contributed by atoms with van der Waals surface area (Å²) in [5.74, 6) is -0.257. The van der Waals surface area contributed by atoms with Crippen LogP contribution in [0, 0.1) is 5.82 Å². The number of hydrogen-bond donors (Lipinski definition) is 1. The second-order valence-electron chi connectivity index (χ2n) is 9.03. The average molecular weight is 423 g/mol. The summed E-state index contributed by atoms with van der Waals surface area (Å²) >= 11 is 0. The molecule has 0 bridgehead atoms. The number of likely N-dealkylation sites (tertiary alicyclic amines) is 1. The lowest BCUT2D eigenvalue weighted by Crippen LogP contribution is -2.56. The van der Waals surface area contributed by atoms with Crippen molar-refractivity contribution in [2.45, 2.75) is 37.3 Å². The Morgan fingerprint density at radius 2 is 1.87 bits per heavy atom. The summed E-state index contributed by atoms with van der Waals surface area (Å²) in [7, 11) is 3.56. The zero-order chi connectivity index (χ0) is 21.8. The van der Waals surface area contributed by atoms with Crippen molar-refractivity contribution in [1.29, 1.82) is 0 Å². The number of carbonyl (C=O) groups excluding carboxylic acids is 1. The van der Waals surface area contributed by atoms with Gasteiger partial charge in [0.25, 0.3) is 0 Å². The summed E-state index contributed by atoms with van der Waals surface area (Å²) in [6.07, 6.45) is 2.20. The van der Waals surface area contributed by atoms with E-state index in [9.17, 15) is 14.0 Å². The molecule has 0 unspecified atom stereocenters. The van der Waals surface area contributed by atoms with Gasteiger partial charge in [-0.25, -0.2) is 9.18 Å². The molecule has 5 rings (SSSR count). The lowest BCUT2D eigenvalue weighted by Gasteiger charge is -2.39. The third-order valence-corrected chi connectivity index (χ3v) is 7.05. The van der Waals surface area contributed by atoms with Crippen molar-refractivity contribution in [2.75, 3.05) is 13.1 Å². The number of amides is 1. The number of rotatable bonds is 3. The van der Waals surface area contributed by atoms with Gasteiger partial charge >= 0.3 is 5.69 Å². The fourth-order valence-electron chi connectivity index (χ4n) is 5.54. The van der Waals surface area contributed by atoms with Gasteiger partial charge in [0.05, 0.1) is 16.6 Å². The summed E-state index contributed by atoms with van der Waals surface area (Å²) < 4.78 is 18.0. The van der Waals surface area contributed by atoms with E-state index in [2.05, 4.69) is 16.3 Å². The Kier molecular flexibility index (Phi) is 4.73. The first-order valence-electron chi connectivity index (χ1n) is 10.8. The number of aromatic nitrogens is 2. The van der Waals surface area contributed by atoms with Gasteiger partial charge in [-0.05, 0) is 42.2 Å². The minimum Gasteiger partial charge on any atom is -0.349 e. The number of benzene rings is 2. The molecule has 7 heteroatoms. The fourth-order valence-corrected chi connectivity index (χ4v) is 5.54. The number of imidazole rings is 1. The van der Waals surface area contributed by atoms with Crippen molar-refractivity contribution in [1.82, 2.24) is 19.4 Å². The van der Waals surface area contributed by atoms with E-state index in [-0.39, 0.29) is 23.3 Å². The van der Waals surface area contributed by atoms with E-state index >= 15 is 0 Å². The standard InChI is InChI=1S/C24H27FN4O2/c1-27-20-10-9-16(12-21(20)28(2)23(27)31)13-29-14-18(17-6-3-4-7-19(17)25)24(15-29)11-5-8-22(30)26-24/h3-4,6-7,9-10,12,18H,5,8,11,13-15H2,1-2H3,(H,26,30)/t18-,24+/m0/s1. The van der Waals surface area contributed by atoms with E-state index in [0.29, 0.717) is 31.6 Å². The zero-order valence-corrected chi connectivity index (χ0v) is 17.9. The summed E-state index contributed by atoms with van der Waals surface area (Å²) in [6.45, 7) is 2.04. The Morgan fingerprint density at radius 1 is 1.10 bits per heavy atom. The Labute approximate surface area is 180 Å². The largest absolute Gasteiger partial charge is 0.349 e. The van der Waals surface area contributed by atoms with Crippen LogP contribution >= 0.6 is 0 Å². The molecule has 2 fully saturated rings. The molecule has 162 valence electrons. The van der Waals surface area contributed by atoms with Crippen LogP contribution in [0.5, 0.6) is 0 Å². The van der Waals surface area contributed by atoms with Crippen LogP contribution in [-0.4, -0.2) is 38.6 Å². The smallest absolute Gasteiger partial charge is 0.328 e. The number of aryl methyl sites for hydroxylation is 2. The van der Waals surface area contributed by atoms with Gasteiger partial charge in [0.1, 0.15) is 5.82 Å². The Balaban J connectivity index is 1.47. The van der Waals surface area contributed by atoms with E-state index in [1.807, 2.05) is 24.3 Å². The number of nitrogens with zero attached hydrogens (tertiary/aromatic N) is 3. The summed E-state index contributed by atoms with van der Waals surface area (Å²) in [6, 6.07) is 13.0. The van der Waals surface area contributed by atoms with Crippen molar-refractivity contribution in [3.63, 3.8) is 0 Å². The molecule has 1 N–H and O–H groups in total. The summed E-state index contributed by atoms with van der Waals surface area (Å²) in [4.78, 5) is 26.9. The predicted molar refractivity (Wildman–Crippen MR) is 117 cm³/mol. The van der Waals surface area contributed by atoms with Crippen LogP contribution in [-0.2, 0) is 25.4 Å². The number of halogens is 1. The third kappa shape index (κ3) is 3.28. The SMILES string of the molecule is Cn1c(=O)n(C)c2cc(CN3C[C@@H](c4ccccc4F)[C@@]4(CCCC(=O)N4)C3)ccc21. The first-order valence-corrected chi connectivity index (χ1v) is 10.8. The van der Waals surface area contributed by atoms with E-state index in [0.717, 1.165) is 29.4 Å². The molecular weight excluding hydrogens is 395 g/mol. The van der Waals surface area contributed by atoms with Gasteiger partial charge in [-0.1, -0.05) is 24.3 Å². The highest BCUT2D eigenvalue weighted by Gasteiger charge is 2.49. The van der Waals surface area contributed by atoms with Gasteiger partial charge in [0.15, 0.2) is 0 Å². The second kappa shape index (κ2) is 7.34. The van der Waals surface area contributed by atoms with Gasteiger partial charge in [-0.2, -0.15) is 0 Å². The maximum Gasteiger partial charge on any atom is 0.328 e. The monoisotopic (exact) mass is 422 g/mol. The molecule has 6 nitrogen and oxygen atoms in total. The van der Waals surface area contributed by atoms with Crippen molar-refractivity contribution >= 4 is 16.9 Å². The van der Waals surface area contributed by atoms with E-state index in [4.69, 9.17) is 0 Å². The minimum atomic E-state index is -0.443. The highest BCUT2D eigenvalue weighted by atomic mass is 19.1. The Morgan fingerprint density at radius 3 is 2.65 bits per heavy atom. The first-order chi connectivity index (χ1) is 14.9. The van der Waals surface area contributed by atoms with Crippen LogP contribution in [0.4, 0.5) is 4.39 Å². The highest BCUT2D eigenvalue weighted by Crippen LogP contribution is 2.42. The van der Waals surface area contributed by atoms with Crippen molar-refractivity contribution in [3.8, 4) is 0 Å². The molecule has 0 aliphatic carbocycles. The molecule has 2 atom stereocenters. The minimum absolute atomic E-state index is 0.0446. The van der Waals surface area contributed by atoms with Crippen LogP contribution in [0.1, 0.15) is 36.3 Å². The highest BCUT2D eigenvalue weighted by molar-refractivity contribution is 5.78. The third-order valence-electron chi connectivity index (χ3n) is 7.05. The van der Waals surface area contributed by atoms with Crippen molar-refractivity contribution < 1.29 is 9.18 Å². The molecule has 3 heterocycles. The average Bonchev–Trinajstić information content (AvgIpc) is 3.18. The molecule has 2 saturated heterocycles. The number of nitrogens with one attached hydrogen (secondary N) is 1. The predicted octanol–water partition coefficient (Wildman–Crippen LogP) is 2.65. The number of carbonyl (C=O) groups is 1. The quantitative estimate of drug-likeness (QED) is 0.706. The fraction of sp³-hybridized carbons (Fsp3) is 0.417. The zero-order valence-electron chi connectivity index (χ0n) is 17.9. The summed E-state index contributed by atoms with van der Waals surface area (Å²) in [5.41, 5.74) is 3.08. The number of hydrogen-bond acceptors (Lipinski definition) is 3. The number of fused-ring (bicyclic) bond motifs is 1. The molecule has 1 amide bonds. The molecule has 2 aliphatic heterocycles. The molecule has 0 saturated carbocycles. The Bertz CT molecular complexity index is 1230. The van der Waals surface area contributed by atoms with E-state index in [1.165, 1.54) is 6.07 Å². The molecule has 0 radical (unpaired) electrons. The van der Waals surface area contributed by atoms with Crippen LogP contribution in [0.15, 0.2) is 47.3 Å². The van der Waals surface area contributed by atoms with Crippen LogP contribution < -0.4 is 11.0 Å². The topological polar surface area (TPSA) is 59.3 Å². The Hall–Kier alpha value is -2.93. The van der Waals surface area contributed by atoms with Crippen molar-refractivity contribution in [3.05, 3.63) is 69.9 Å². The molecule has 1 aromatic heterocycles. The van der Waals surface area contributed by atoms with Gasteiger partial charge in [-0.3, -0.25) is 18.8 Å². The van der Waals surface area contributed by atoms with Crippen LogP contribution in [0.25, 0.3) is 11.0 Å². The molecule has 2 aliphatic rings. The molecule has 31 heavy (non-hydrogen) atoms. The van der Waals surface area contributed by atoms with Gasteiger partial charge in [0.2, 0.25) is 5.91 Å². The first kappa shape index (κ1) is 20.0. The van der Waals surface area contributed by atoms with Crippen molar-refractivity contribution in [2.24, 2.45) is 14.1 Å². The molecule has 1 spiro atoms. The lowest BCUT2D eigenvalue weighted by atomic mass is 9.76. The lowest BCUT2D eigenvalue weighted by molar-refractivity contribution is -0.125. The maximum atomic E-state index is 14.7. The van der Waals surface area contributed by atoms with E-state index < -0.39 is 5.54 Å². The van der Waals surface area contributed by atoms with E-state index in [1.54, 1.807) is 29.3 Å². The van der Waals surface area contributed by atoms with Crippen LogP contribution in [0.2, 0.25) is 0 Å². The maximum absolute atomic E-state index is 14.7. The summed E-state index contributed by atoms with van der Waals surface area (Å²) in [5, 5.41) is 3.24. The van der Waals surface area contributed by atoms with Gasteiger partial charge in [0, 0.05) is 46.1 Å². The second-order valence-corrected chi connectivity index (χ2v) is 9.03. The molecule has 3 aromatic rings. The van der Waals surface area contributed by atoms with Crippen LogP contribution in [0.3, 0.4) is 0 Å². The van der Waals surface area contributed by atoms with Gasteiger partial charge in [-0.15, -0.1) is 0 Å². The normalized spacial score (nSPS) is 24.2. The molecule has 2 aromatic carbocycles. The number of piperidine rings is 1.